The van der Waals surface area contributed by atoms with Crippen LogP contribution in [0.15, 0.2) is 28.7 Å². The number of nitrogens with one attached hydrogen (secondary N) is 1. The van der Waals surface area contributed by atoms with Gasteiger partial charge in [0.25, 0.3) is 5.91 Å². The van der Waals surface area contributed by atoms with Gasteiger partial charge in [0.2, 0.25) is 0 Å². The van der Waals surface area contributed by atoms with Crippen molar-refractivity contribution in [2.75, 3.05) is 24.7 Å². The highest BCUT2D eigenvalue weighted by atomic mass is 35.5. The maximum Gasteiger partial charge on any atom is 0.287 e. The predicted molar refractivity (Wildman–Crippen MR) is 82.6 cm³/mol. The van der Waals surface area contributed by atoms with Crippen LogP contribution < -0.4 is 5.32 Å². The Labute approximate surface area is 126 Å². The first-order valence-corrected chi connectivity index (χ1v) is 7.90. The predicted octanol–water partition coefficient (Wildman–Crippen LogP) is 2.93. The zero-order valence-corrected chi connectivity index (χ0v) is 12.5. The number of para-hydroxylation sites is 1. The molecule has 2 rings (SSSR count). The highest BCUT2D eigenvalue weighted by Crippen LogP contribution is 2.26. The molecule has 4 nitrogen and oxygen atoms in total. The van der Waals surface area contributed by atoms with Gasteiger partial charge in [0.05, 0.1) is 5.02 Å². The summed E-state index contributed by atoms with van der Waals surface area (Å²) in [6.45, 7) is 0.777. The van der Waals surface area contributed by atoms with Gasteiger partial charge in [-0.25, -0.2) is 0 Å². The van der Waals surface area contributed by atoms with Crippen LogP contribution in [0.3, 0.4) is 0 Å². The fraction of sp³-hybridized carbons (Fsp3) is 0.357. The third-order valence-corrected chi connectivity index (χ3v) is 4.07. The fourth-order valence-corrected chi connectivity index (χ4v) is 2.74. The summed E-state index contributed by atoms with van der Waals surface area (Å²) in [6, 6.07) is 7.09. The van der Waals surface area contributed by atoms with Crippen molar-refractivity contribution in [2.45, 2.75) is 6.42 Å². The van der Waals surface area contributed by atoms with Gasteiger partial charge >= 0.3 is 0 Å². The van der Waals surface area contributed by atoms with Gasteiger partial charge in [-0.15, -0.1) is 0 Å². The Morgan fingerprint density at radius 2 is 2.25 bits per heavy atom. The maximum atomic E-state index is 11.9. The van der Waals surface area contributed by atoms with Gasteiger partial charge < -0.3 is 14.8 Å². The number of rotatable bonds is 7. The maximum absolute atomic E-state index is 11.9. The molecule has 0 radical (unpaired) electrons. The van der Waals surface area contributed by atoms with E-state index in [-0.39, 0.29) is 18.3 Å². The van der Waals surface area contributed by atoms with Gasteiger partial charge in [-0.2, -0.15) is 11.8 Å². The van der Waals surface area contributed by atoms with Crippen LogP contribution in [0.5, 0.6) is 0 Å². The van der Waals surface area contributed by atoms with Crippen LogP contribution >= 0.6 is 23.4 Å². The Hall–Kier alpha value is -1.17. The van der Waals surface area contributed by atoms with Crippen molar-refractivity contribution in [1.29, 1.82) is 0 Å². The number of benzene rings is 1. The van der Waals surface area contributed by atoms with E-state index in [9.17, 15) is 4.79 Å². The summed E-state index contributed by atoms with van der Waals surface area (Å²) in [5, 5.41) is 12.8. The number of aliphatic hydroxyl groups is 1. The van der Waals surface area contributed by atoms with E-state index in [1.807, 2.05) is 12.1 Å². The van der Waals surface area contributed by atoms with Crippen molar-refractivity contribution in [3.05, 3.63) is 35.0 Å². The smallest absolute Gasteiger partial charge is 0.287 e. The third kappa shape index (κ3) is 3.91. The Balaban J connectivity index is 1.86. The van der Waals surface area contributed by atoms with Crippen LogP contribution in [0.25, 0.3) is 11.0 Å². The molecular weight excluding hydrogens is 298 g/mol. The molecular formula is C14H16ClNO3S. The van der Waals surface area contributed by atoms with Crippen LogP contribution in [0.2, 0.25) is 5.02 Å². The molecule has 20 heavy (non-hydrogen) atoms. The van der Waals surface area contributed by atoms with Crippen molar-refractivity contribution in [3.8, 4) is 0 Å². The second-order valence-electron chi connectivity index (χ2n) is 4.21. The number of furan rings is 1. The molecule has 0 saturated carbocycles. The van der Waals surface area contributed by atoms with Crippen LogP contribution in [-0.4, -0.2) is 35.7 Å². The molecule has 0 aliphatic carbocycles. The van der Waals surface area contributed by atoms with Gasteiger partial charge in [-0.3, -0.25) is 4.79 Å². The van der Waals surface area contributed by atoms with E-state index in [4.69, 9.17) is 21.1 Å². The molecule has 1 aromatic carbocycles. The molecule has 108 valence electrons. The molecule has 0 saturated heterocycles. The molecule has 0 bridgehead atoms. The van der Waals surface area contributed by atoms with E-state index in [0.717, 1.165) is 23.3 Å². The van der Waals surface area contributed by atoms with Gasteiger partial charge in [-0.05, 0) is 24.3 Å². The quantitative estimate of drug-likeness (QED) is 0.772. The minimum absolute atomic E-state index is 0.207. The standard InChI is InChI=1S/C14H16ClNO3S/c15-11-4-1-3-10-9-12(19-13(10)11)14(18)16-5-8-20-7-2-6-17/h1,3-4,9,17H,2,5-8H2,(H,16,18). The lowest BCUT2D eigenvalue weighted by atomic mass is 10.2. The summed E-state index contributed by atoms with van der Waals surface area (Å²) < 4.78 is 5.47. The Morgan fingerprint density at radius 1 is 1.40 bits per heavy atom. The molecule has 2 N–H and O–H groups in total. The number of hydrogen-bond acceptors (Lipinski definition) is 4. The molecule has 2 aromatic rings. The van der Waals surface area contributed by atoms with Crippen molar-refractivity contribution in [3.63, 3.8) is 0 Å². The number of carbonyl (C=O) groups excluding carboxylic acids is 1. The van der Waals surface area contributed by atoms with Crippen LogP contribution in [0, 0.1) is 0 Å². The first kappa shape index (κ1) is 15.2. The van der Waals surface area contributed by atoms with Crippen molar-refractivity contribution < 1.29 is 14.3 Å². The first-order valence-electron chi connectivity index (χ1n) is 6.37. The lowest BCUT2D eigenvalue weighted by Crippen LogP contribution is -2.25. The summed E-state index contributed by atoms with van der Waals surface area (Å²) in [4.78, 5) is 11.9. The van der Waals surface area contributed by atoms with E-state index in [1.54, 1.807) is 23.9 Å². The van der Waals surface area contributed by atoms with Crippen molar-refractivity contribution in [2.24, 2.45) is 0 Å². The number of aliphatic hydroxyl groups excluding tert-OH is 1. The number of fused-ring (bicyclic) bond motifs is 1. The molecule has 0 spiro atoms. The highest BCUT2D eigenvalue weighted by Gasteiger charge is 2.13. The average molecular weight is 314 g/mol. The number of amides is 1. The minimum Gasteiger partial charge on any atom is -0.449 e. The third-order valence-electron chi connectivity index (χ3n) is 2.70. The number of thioether (sulfide) groups is 1. The van der Waals surface area contributed by atoms with Gasteiger partial charge in [0, 0.05) is 24.3 Å². The zero-order valence-electron chi connectivity index (χ0n) is 10.9. The summed E-state index contributed by atoms with van der Waals surface area (Å²) >= 11 is 7.70. The van der Waals surface area contributed by atoms with Crippen LogP contribution in [0.1, 0.15) is 17.0 Å². The molecule has 0 atom stereocenters. The lowest BCUT2D eigenvalue weighted by Gasteiger charge is -2.02. The van der Waals surface area contributed by atoms with Crippen molar-refractivity contribution >= 4 is 40.2 Å². The van der Waals surface area contributed by atoms with E-state index in [2.05, 4.69) is 5.32 Å². The molecule has 0 fully saturated rings. The van der Waals surface area contributed by atoms with Gasteiger partial charge in [0.1, 0.15) is 0 Å². The van der Waals surface area contributed by atoms with Crippen LogP contribution in [0.4, 0.5) is 0 Å². The van der Waals surface area contributed by atoms with E-state index in [1.165, 1.54) is 0 Å². The molecule has 1 heterocycles. The first-order chi connectivity index (χ1) is 9.72. The topological polar surface area (TPSA) is 62.5 Å². The monoisotopic (exact) mass is 313 g/mol. The van der Waals surface area contributed by atoms with Gasteiger partial charge in [0.15, 0.2) is 11.3 Å². The zero-order chi connectivity index (χ0) is 14.4. The largest absolute Gasteiger partial charge is 0.449 e. The number of halogens is 1. The lowest BCUT2D eigenvalue weighted by molar-refractivity contribution is 0.0930. The second kappa shape index (κ2) is 7.57. The number of carbonyl (C=O) groups is 1. The average Bonchev–Trinajstić information content (AvgIpc) is 2.88. The Morgan fingerprint density at radius 3 is 3.00 bits per heavy atom. The fourth-order valence-electron chi connectivity index (χ4n) is 1.73. The molecule has 0 unspecified atom stereocenters. The van der Waals surface area contributed by atoms with Crippen molar-refractivity contribution in [1.82, 2.24) is 5.32 Å². The number of hydrogen-bond donors (Lipinski definition) is 2. The van der Waals surface area contributed by atoms with Crippen LogP contribution in [-0.2, 0) is 0 Å². The molecule has 1 aromatic heterocycles. The summed E-state index contributed by atoms with van der Waals surface area (Å²) in [7, 11) is 0. The summed E-state index contributed by atoms with van der Waals surface area (Å²) in [5.41, 5.74) is 0.539. The minimum atomic E-state index is -0.236. The van der Waals surface area contributed by atoms with E-state index < -0.39 is 0 Å². The molecule has 6 heteroatoms. The summed E-state index contributed by atoms with van der Waals surface area (Å²) in [5.74, 6) is 1.74. The highest BCUT2D eigenvalue weighted by molar-refractivity contribution is 7.99. The van der Waals surface area contributed by atoms with Gasteiger partial charge in [-0.1, -0.05) is 23.7 Å². The molecule has 1 amide bonds. The van der Waals surface area contributed by atoms with E-state index >= 15 is 0 Å². The Bertz CT molecular complexity index is 585. The molecule has 0 aliphatic heterocycles. The summed E-state index contributed by atoms with van der Waals surface area (Å²) in [6.07, 6.45) is 0.778. The van der Waals surface area contributed by atoms with E-state index in [0.29, 0.717) is 17.2 Å². The second-order valence-corrected chi connectivity index (χ2v) is 5.85. The SMILES string of the molecule is O=C(NCCSCCCO)c1cc2cccc(Cl)c2o1. The normalized spacial score (nSPS) is 10.9. The molecule has 0 aliphatic rings. The Kier molecular flexibility index (Phi) is 5.76.